The van der Waals surface area contributed by atoms with Crippen molar-refractivity contribution in [2.24, 2.45) is 10.7 Å². The maximum Gasteiger partial charge on any atom is 0.329 e. The molecule has 1 aromatic carbocycles. The molecule has 1 unspecified atom stereocenters. The molecule has 32 heavy (non-hydrogen) atoms. The Morgan fingerprint density at radius 3 is 2.94 bits per heavy atom. The third-order valence-electron chi connectivity index (χ3n) is 5.15. The minimum atomic E-state index is -0.484. The standard InChI is InChI=1S/C22H22ClN7O2/c1-25-20(5-7-24)28-21-26-8-6-18(27-21)15-10-17-12-30(22(32)29(17)11-15)19(13-31)14-3-2-4-16(23)9-14/h2-11,19,31H,12-13,24H2,1H3,(H,25,26,27,28). The van der Waals surface area contributed by atoms with E-state index in [-0.39, 0.29) is 12.6 Å². The molecule has 0 saturated carbocycles. The fourth-order valence-corrected chi connectivity index (χ4v) is 3.83. The number of halogens is 1. The first-order chi connectivity index (χ1) is 15.5. The third kappa shape index (κ3) is 4.20. The van der Waals surface area contributed by atoms with E-state index in [1.54, 1.807) is 59.2 Å². The molecule has 0 radical (unpaired) electrons. The number of nitrogens with zero attached hydrogens (tertiary/aromatic N) is 5. The van der Waals surface area contributed by atoms with Crippen molar-refractivity contribution < 1.29 is 9.90 Å². The normalized spacial score (nSPS) is 14.8. The lowest BCUT2D eigenvalue weighted by atomic mass is 10.1. The average Bonchev–Trinajstić information content (AvgIpc) is 3.34. The molecule has 9 nitrogen and oxygen atoms in total. The van der Waals surface area contributed by atoms with E-state index in [9.17, 15) is 9.90 Å². The zero-order chi connectivity index (χ0) is 22.7. The number of aliphatic imine (C=N–C) groups is 1. The van der Waals surface area contributed by atoms with Gasteiger partial charge in [-0.2, -0.15) is 0 Å². The fourth-order valence-electron chi connectivity index (χ4n) is 3.63. The summed E-state index contributed by atoms with van der Waals surface area (Å²) in [6.07, 6.45) is 6.35. The van der Waals surface area contributed by atoms with Crippen LogP contribution in [0.4, 0.5) is 10.7 Å². The molecule has 0 bridgehead atoms. The minimum absolute atomic E-state index is 0.205. The highest BCUT2D eigenvalue weighted by atomic mass is 35.5. The number of carbonyl (C=O) groups excluding carboxylic acids is 1. The van der Waals surface area contributed by atoms with Crippen molar-refractivity contribution in [1.82, 2.24) is 19.4 Å². The van der Waals surface area contributed by atoms with Crippen LogP contribution >= 0.6 is 11.6 Å². The maximum absolute atomic E-state index is 13.1. The van der Waals surface area contributed by atoms with Crippen molar-refractivity contribution in [3.8, 4) is 11.3 Å². The predicted octanol–water partition coefficient (Wildman–Crippen LogP) is 3.03. The molecule has 4 N–H and O–H groups in total. The van der Waals surface area contributed by atoms with E-state index < -0.39 is 6.04 Å². The lowest BCUT2D eigenvalue weighted by Crippen LogP contribution is -2.32. The number of carbonyl (C=O) groups is 1. The van der Waals surface area contributed by atoms with Gasteiger partial charge in [-0.05, 0) is 42.1 Å². The molecular formula is C22H22ClN7O2. The van der Waals surface area contributed by atoms with Crippen LogP contribution in [0.15, 0.2) is 66.1 Å². The molecule has 0 spiro atoms. The van der Waals surface area contributed by atoms with E-state index in [2.05, 4.69) is 20.3 Å². The number of amidine groups is 1. The van der Waals surface area contributed by atoms with E-state index in [4.69, 9.17) is 17.3 Å². The van der Waals surface area contributed by atoms with Gasteiger partial charge in [-0.1, -0.05) is 23.7 Å². The number of hydrogen-bond donors (Lipinski definition) is 3. The van der Waals surface area contributed by atoms with E-state index in [0.717, 1.165) is 16.8 Å². The van der Waals surface area contributed by atoms with E-state index >= 15 is 0 Å². The number of amides is 1. The molecule has 0 aliphatic carbocycles. The Morgan fingerprint density at radius 2 is 2.25 bits per heavy atom. The van der Waals surface area contributed by atoms with Gasteiger partial charge in [0, 0.05) is 35.7 Å². The summed E-state index contributed by atoms with van der Waals surface area (Å²) in [6, 6.07) is 10.1. The van der Waals surface area contributed by atoms with Crippen LogP contribution in [-0.2, 0) is 6.54 Å². The number of nitrogens with two attached hydrogens (primary N) is 1. The van der Waals surface area contributed by atoms with Crippen molar-refractivity contribution in [3.63, 3.8) is 0 Å². The summed E-state index contributed by atoms with van der Waals surface area (Å²) >= 11 is 6.09. The van der Waals surface area contributed by atoms with Gasteiger partial charge in [-0.3, -0.25) is 9.56 Å². The minimum Gasteiger partial charge on any atom is -0.404 e. The van der Waals surface area contributed by atoms with Crippen LogP contribution in [0.1, 0.15) is 17.3 Å². The van der Waals surface area contributed by atoms with Gasteiger partial charge in [0.2, 0.25) is 5.95 Å². The molecule has 3 aromatic rings. The molecule has 2 aromatic heterocycles. The Labute approximate surface area is 189 Å². The van der Waals surface area contributed by atoms with Gasteiger partial charge in [0.25, 0.3) is 0 Å². The van der Waals surface area contributed by atoms with Crippen LogP contribution < -0.4 is 11.1 Å². The number of aromatic nitrogens is 3. The Morgan fingerprint density at radius 1 is 1.41 bits per heavy atom. The van der Waals surface area contributed by atoms with Crippen molar-refractivity contribution in [2.75, 3.05) is 19.0 Å². The zero-order valence-corrected chi connectivity index (χ0v) is 18.1. The Kier molecular flexibility index (Phi) is 6.20. The number of fused-ring (bicyclic) bond motifs is 1. The number of nitrogens with one attached hydrogen (secondary N) is 1. The summed E-state index contributed by atoms with van der Waals surface area (Å²) in [7, 11) is 1.63. The van der Waals surface area contributed by atoms with Gasteiger partial charge < -0.3 is 21.1 Å². The maximum atomic E-state index is 13.1. The summed E-state index contributed by atoms with van der Waals surface area (Å²) in [6.45, 7) is 0.157. The SMILES string of the molecule is CN=C(C=CN)Nc1nccc(-c2cc3n(c2)C(=O)N(C(CO)c2cccc(Cl)c2)C3)n1. The summed E-state index contributed by atoms with van der Waals surface area (Å²) in [5.41, 5.74) is 8.45. The van der Waals surface area contributed by atoms with E-state index in [1.165, 1.54) is 6.20 Å². The molecule has 1 aliphatic rings. The van der Waals surface area contributed by atoms with Gasteiger partial charge in [0.1, 0.15) is 5.84 Å². The Hall–Kier alpha value is -3.69. The second kappa shape index (κ2) is 9.21. The van der Waals surface area contributed by atoms with Crippen LogP contribution in [-0.4, -0.2) is 50.1 Å². The highest BCUT2D eigenvalue weighted by Gasteiger charge is 2.34. The van der Waals surface area contributed by atoms with Gasteiger partial charge in [0.15, 0.2) is 0 Å². The first-order valence-electron chi connectivity index (χ1n) is 9.88. The topological polar surface area (TPSA) is 122 Å². The highest BCUT2D eigenvalue weighted by molar-refractivity contribution is 6.30. The van der Waals surface area contributed by atoms with Crippen LogP contribution in [0.3, 0.4) is 0 Å². The second-order valence-corrected chi connectivity index (χ2v) is 7.55. The molecule has 164 valence electrons. The number of rotatable bonds is 6. The molecule has 3 heterocycles. The fraction of sp³-hybridized carbons (Fsp3) is 0.182. The third-order valence-corrected chi connectivity index (χ3v) is 5.39. The Balaban J connectivity index is 1.57. The van der Waals surface area contributed by atoms with Crippen molar-refractivity contribution in [3.05, 3.63) is 77.3 Å². The van der Waals surface area contributed by atoms with E-state index in [0.29, 0.717) is 29.0 Å². The molecule has 0 fully saturated rings. The largest absolute Gasteiger partial charge is 0.404 e. The molecule has 1 atom stereocenters. The van der Waals surface area contributed by atoms with Crippen LogP contribution in [0.2, 0.25) is 5.02 Å². The van der Waals surface area contributed by atoms with Gasteiger partial charge in [-0.25, -0.2) is 14.8 Å². The number of hydrogen-bond acceptors (Lipinski definition) is 6. The highest BCUT2D eigenvalue weighted by Crippen LogP contribution is 2.32. The second-order valence-electron chi connectivity index (χ2n) is 7.11. The monoisotopic (exact) mass is 451 g/mol. The van der Waals surface area contributed by atoms with Crippen molar-refractivity contribution in [1.29, 1.82) is 0 Å². The van der Waals surface area contributed by atoms with Crippen LogP contribution in [0.5, 0.6) is 0 Å². The number of aliphatic hydroxyl groups excluding tert-OH is 1. The molecule has 0 saturated heterocycles. The van der Waals surface area contributed by atoms with E-state index in [1.807, 2.05) is 12.1 Å². The lowest BCUT2D eigenvalue weighted by Gasteiger charge is -2.26. The van der Waals surface area contributed by atoms with Gasteiger partial charge in [0.05, 0.1) is 24.9 Å². The number of benzene rings is 1. The van der Waals surface area contributed by atoms with Gasteiger partial charge in [-0.15, -0.1) is 0 Å². The zero-order valence-electron chi connectivity index (χ0n) is 17.3. The molecular weight excluding hydrogens is 430 g/mol. The Bertz CT molecular complexity index is 1200. The number of anilines is 1. The first kappa shape index (κ1) is 21.5. The summed E-state index contributed by atoms with van der Waals surface area (Å²) in [4.78, 5) is 27.5. The summed E-state index contributed by atoms with van der Waals surface area (Å²) < 4.78 is 1.58. The van der Waals surface area contributed by atoms with Crippen LogP contribution in [0, 0.1) is 0 Å². The van der Waals surface area contributed by atoms with Crippen LogP contribution in [0.25, 0.3) is 11.3 Å². The van der Waals surface area contributed by atoms with Crippen molar-refractivity contribution >= 4 is 29.4 Å². The molecule has 1 amide bonds. The molecule has 10 heteroatoms. The summed E-state index contributed by atoms with van der Waals surface area (Å²) in [5.74, 6) is 0.882. The lowest BCUT2D eigenvalue weighted by molar-refractivity contribution is 0.141. The quantitative estimate of drug-likeness (QED) is 0.391. The first-order valence-corrected chi connectivity index (χ1v) is 10.3. The number of aliphatic hydroxyl groups is 1. The smallest absolute Gasteiger partial charge is 0.329 e. The summed E-state index contributed by atoms with van der Waals surface area (Å²) in [5, 5.41) is 13.5. The van der Waals surface area contributed by atoms with Crippen molar-refractivity contribution in [2.45, 2.75) is 12.6 Å². The molecule has 1 aliphatic heterocycles. The molecule has 4 rings (SSSR count). The average molecular weight is 452 g/mol. The van der Waals surface area contributed by atoms with Gasteiger partial charge >= 0.3 is 6.03 Å². The predicted molar refractivity (Wildman–Crippen MR) is 123 cm³/mol.